The number of benzene rings is 1. The lowest BCUT2D eigenvalue weighted by Crippen LogP contribution is -2.31. The summed E-state index contributed by atoms with van der Waals surface area (Å²) in [5.41, 5.74) is 11.3. The van der Waals surface area contributed by atoms with Crippen LogP contribution in [0.3, 0.4) is 0 Å². The molecule has 6 nitrogen and oxygen atoms in total. The topological polar surface area (TPSA) is 84.1 Å². The van der Waals surface area contributed by atoms with Crippen molar-refractivity contribution in [3.63, 3.8) is 0 Å². The van der Waals surface area contributed by atoms with Gasteiger partial charge in [0, 0.05) is 37.4 Å². The summed E-state index contributed by atoms with van der Waals surface area (Å²) in [6.07, 6.45) is 5.45. The zero-order valence-corrected chi connectivity index (χ0v) is 21.1. The highest BCUT2D eigenvalue weighted by molar-refractivity contribution is 5.71. The molecule has 0 fully saturated rings. The van der Waals surface area contributed by atoms with Gasteiger partial charge in [0.1, 0.15) is 5.82 Å². The van der Waals surface area contributed by atoms with Crippen molar-refractivity contribution in [2.75, 3.05) is 13.1 Å². The second kappa shape index (κ2) is 11.9. The number of hydrogen-bond donors (Lipinski definition) is 2. The van der Waals surface area contributed by atoms with Crippen molar-refractivity contribution in [1.82, 2.24) is 20.2 Å². The molecule has 0 saturated carbocycles. The SMILES string of the molecule is Cc1cnc(CN(CCCCNC(N)=O)Cc2ncccc2C(C)(C)c2ccc(F)cc2)c(C)c1. The van der Waals surface area contributed by atoms with Gasteiger partial charge in [-0.05, 0) is 73.7 Å². The van der Waals surface area contributed by atoms with Crippen LogP contribution in [0.15, 0.2) is 54.9 Å². The van der Waals surface area contributed by atoms with Crippen molar-refractivity contribution in [3.05, 3.63) is 94.3 Å². The molecule has 3 N–H and O–H groups in total. The molecule has 0 spiro atoms. The number of urea groups is 1. The highest BCUT2D eigenvalue weighted by Crippen LogP contribution is 2.33. The summed E-state index contributed by atoms with van der Waals surface area (Å²) in [4.78, 5) is 22.8. The van der Waals surface area contributed by atoms with Gasteiger partial charge in [0.2, 0.25) is 0 Å². The minimum Gasteiger partial charge on any atom is -0.352 e. The van der Waals surface area contributed by atoms with Crippen LogP contribution in [0.2, 0.25) is 0 Å². The first-order valence-electron chi connectivity index (χ1n) is 12.0. The van der Waals surface area contributed by atoms with Gasteiger partial charge in [-0.2, -0.15) is 0 Å². The van der Waals surface area contributed by atoms with Gasteiger partial charge in [-0.1, -0.05) is 38.1 Å². The zero-order chi connectivity index (χ0) is 25.4. The third-order valence-electron chi connectivity index (χ3n) is 6.40. The number of rotatable bonds is 11. The van der Waals surface area contributed by atoms with Crippen molar-refractivity contribution in [1.29, 1.82) is 0 Å². The molecule has 1 aromatic carbocycles. The van der Waals surface area contributed by atoms with Crippen molar-refractivity contribution in [2.24, 2.45) is 5.73 Å². The molecule has 2 aromatic heterocycles. The average molecular weight is 478 g/mol. The summed E-state index contributed by atoms with van der Waals surface area (Å²) in [6.45, 7) is 11.2. The first kappa shape index (κ1) is 26.3. The Bertz CT molecular complexity index is 1130. The molecule has 0 aliphatic rings. The number of aryl methyl sites for hydroxylation is 2. The Hall–Kier alpha value is -3.32. The molecule has 3 aromatic rings. The van der Waals surface area contributed by atoms with Gasteiger partial charge in [-0.15, -0.1) is 0 Å². The Labute approximate surface area is 207 Å². The summed E-state index contributed by atoms with van der Waals surface area (Å²) in [5.74, 6) is -0.242. The molecule has 0 atom stereocenters. The summed E-state index contributed by atoms with van der Waals surface area (Å²) < 4.78 is 13.6. The van der Waals surface area contributed by atoms with Gasteiger partial charge < -0.3 is 11.1 Å². The standard InChI is InChI=1S/C28H36FN5O/c1-20-16-21(2)25(33-17-20)18-34(15-6-5-13-32-27(30)35)19-26-24(8-7-14-31-26)28(3,4)22-9-11-23(29)12-10-22/h7-12,14,16-17H,5-6,13,15,18-19H2,1-4H3,(H3,30,32,35). The summed E-state index contributed by atoms with van der Waals surface area (Å²) >= 11 is 0. The second-order valence-electron chi connectivity index (χ2n) is 9.61. The van der Waals surface area contributed by atoms with E-state index in [1.54, 1.807) is 0 Å². The van der Waals surface area contributed by atoms with E-state index in [0.717, 1.165) is 47.5 Å². The van der Waals surface area contributed by atoms with Crippen molar-refractivity contribution >= 4 is 6.03 Å². The molecule has 2 heterocycles. The number of primary amides is 1. The number of hydrogen-bond acceptors (Lipinski definition) is 4. The molecule has 0 aliphatic heterocycles. The number of amides is 2. The van der Waals surface area contributed by atoms with E-state index < -0.39 is 6.03 Å². The number of nitrogens with zero attached hydrogens (tertiary/aromatic N) is 3. The Kier molecular flexibility index (Phi) is 8.93. The molecule has 35 heavy (non-hydrogen) atoms. The van der Waals surface area contributed by atoms with E-state index in [0.29, 0.717) is 19.6 Å². The highest BCUT2D eigenvalue weighted by Gasteiger charge is 2.27. The van der Waals surface area contributed by atoms with E-state index in [9.17, 15) is 9.18 Å². The maximum absolute atomic E-state index is 13.6. The maximum Gasteiger partial charge on any atom is 0.312 e. The predicted octanol–water partition coefficient (Wildman–Crippen LogP) is 5.01. The number of halogens is 1. The molecule has 0 aliphatic carbocycles. The molecular formula is C28H36FN5O. The maximum atomic E-state index is 13.6. The normalized spacial score (nSPS) is 11.6. The lowest BCUT2D eigenvalue weighted by atomic mass is 9.77. The quantitative estimate of drug-likeness (QED) is 0.380. The Morgan fingerprint density at radius 1 is 1.06 bits per heavy atom. The molecule has 0 unspecified atom stereocenters. The predicted molar refractivity (Wildman–Crippen MR) is 137 cm³/mol. The van der Waals surface area contributed by atoms with Crippen LogP contribution in [0.4, 0.5) is 9.18 Å². The van der Waals surface area contributed by atoms with E-state index in [4.69, 9.17) is 10.7 Å². The third-order valence-corrected chi connectivity index (χ3v) is 6.40. The third kappa shape index (κ3) is 7.33. The molecule has 186 valence electrons. The van der Waals surface area contributed by atoms with E-state index in [1.165, 1.54) is 17.7 Å². The fraction of sp³-hybridized carbons (Fsp3) is 0.393. The Morgan fingerprint density at radius 2 is 1.77 bits per heavy atom. The number of aromatic nitrogens is 2. The minimum atomic E-state index is -0.498. The van der Waals surface area contributed by atoms with Crippen molar-refractivity contribution < 1.29 is 9.18 Å². The van der Waals surface area contributed by atoms with Crippen LogP contribution in [0.1, 0.15) is 60.3 Å². The zero-order valence-electron chi connectivity index (χ0n) is 21.1. The minimum absolute atomic E-state index is 0.242. The van der Waals surface area contributed by atoms with Crippen LogP contribution in [0.5, 0.6) is 0 Å². The van der Waals surface area contributed by atoms with Crippen LogP contribution < -0.4 is 11.1 Å². The number of carbonyl (C=O) groups is 1. The van der Waals surface area contributed by atoms with Gasteiger partial charge in [0.15, 0.2) is 0 Å². The Balaban J connectivity index is 1.84. The number of pyridine rings is 2. The lowest BCUT2D eigenvalue weighted by Gasteiger charge is -2.30. The average Bonchev–Trinajstić information content (AvgIpc) is 2.81. The first-order chi connectivity index (χ1) is 16.7. The number of carbonyl (C=O) groups excluding carboxylic acids is 1. The molecule has 0 saturated heterocycles. The first-order valence-corrected chi connectivity index (χ1v) is 12.0. The highest BCUT2D eigenvalue weighted by atomic mass is 19.1. The van der Waals surface area contributed by atoms with Crippen LogP contribution in [0.25, 0.3) is 0 Å². The monoisotopic (exact) mass is 477 g/mol. The second-order valence-corrected chi connectivity index (χ2v) is 9.61. The largest absolute Gasteiger partial charge is 0.352 e. The van der Waals surface area contributed by atoms with Gasteiger partial charge in [0.25, 0.3) is 0 Å². The molecule has 7 heteroatoms. The molecule has 0 bridgehead atoms. The number of unbranched alkanes of at least 4 members (excludes halogenated alkanes) is 1. The van der Waals surface area contributed by atoms with Gasteiger partial charge in [-0.3, -0.25) is 14.9 Å². The molecular weight excluding hydrogens is 441 g/mol. The van der Waals surface area contributed by atoms with E-state index in [1.807, 2.05) is 37.5 Å². The van der Waals surface area contributed by atoms with E-state index >= 15 is 0 Å². The molecule has 3 rings (SSSR count). The van der Waals surface area contributed by atoms with E-state index in [-0.39, 0.29) is 11.2 Å². The molecule has 2 amide bonds. The van der Waals surface area contributed by atoms with Crippen LogP contribution >= 0.6 is 0 Å². The smallest absolute Gasteiger partial charge is 0.312 e. The van der Waals surface area contributed by atoms with E-state index in [2.05, 4.69) is 48.1 Å². The summed E-state index contributed by atoms with van der Waals surface area (Å²) in [6, 6.07) is 12.4. The van der Waals surface area contributed by atoms with Crippen molar-refractivity contribution in [3.8, 4) is 0 Å². The van der Waals surface area contributed by atoms with Crippen LogP contribution in [-0.2, 0) is 18.5 Å². The number of nitrogens with two attached hydrogens (primary N) is 1. The summed E-state index contributed by atoms with van der Waals surface area (Å²) in [5, 5.41) is 2.65. The molecule has 0 radical (unpaired) electrons. The van der Waals surface area contributed by atoms with Gasteiger partial charge in [-0.25, -0.2) is 9.18 Å². The number of nitrogens with one attached hydrogen (secondary N) is 1. The lowest BCUT2D eigenvalue weighted by molar-refractivity contribution is 0.240. The van der Waals surface area contributed by atoms with Crippen LogP contribution in [0, 0.1) is 19.7 Å². The fourth-order valence-electron chi connectivity index (χ4n) is 4.37. The summed E-state index contributed by atoms with van der Waals surface area (Å²) in [7, 11) is 0. The van der Waals surface area contributed by atoms with Gasteiger partial charge in [0.05, 0.1) is 11.4 Å². The van der Waals surface area contributed by atoms with Gasteiger partial charge >= 0.3 is 6.03 Å². The Morgan fingerprint density at radius 3 is 2.46 bits per heavy atom. The fourth-order valence-corrected chi connectivity index (χ4v) is 4.37. The van der Waals surface area contributed by atoms with Crippen molar-refractivity contribution in [2.45, 2.75) is 59.0 Å². The van der Waals surface area contributed by atoms with Crippen LogP contribution in [-0.4, -0.2) is 34.0 Å².